The van der Waals surface area contributed by atoms with Crippen molar-refractivity contribution in [2.24, 2.45) is 0 Å². The Morgan fingerprint density at radius 1 is 1.04 bits per heavy atom. The van der Waals surface area contributed by atoms with E-state index in [1.165, 1.54) is 0 Å². The molecule has 2 amide bonds. The number of unbranched alkanes of at least 4 members (excludes halogenated alkanes) is 1. The highest BCUT2D eigenvalue weighted by molar-refractivity contribution is 5.97. The number of ether oxygens (including phenoxy) is 1. The maximum atomic E-state index is 12.8. The summed E-state index contributed by atoms with van der Waals surface area (Å²) < 4.78 is 5.38. The Bertz CT molecular complexity index is 605. The highest BCUT2D eigenvalue weighted by atomic mass is 16.5. The van der Waals surface area contributed by atoms with Gasteiger partial charge in [-0.25, -0.2) is 0 Å². The standard InChI is InChI=1S/C19H28N2O3/c1-5-6-7-18(22)20-8-10-21(11-9-20)19(23)16-12-14(2)15(3)13-17(16)24-4/h12-13H,5-11H2,1-4H3. The molecule has 1 fully saturated rings. The van der Waals surface area contributed by atoms with E-state index in [9.17, 15) is 9.59 Å². The van der Waals surface area contributed by atoms with Gasteiger partial charge in [-0.3, -0.25) is 9.59 Å². The molecule has 0 aliphatic carbocycles. The number of hydrogen-bond acceptors (Lipinski definition) is 3. The van der Waals surface area contributed by atoms with Gasteiger partial charge in [0.2, 0.25) is 5.91 Å². The first-order valence-electron chi connectivity index (χ1n) is 8.70. The molecule has 1 aliphatic rings. The summed E-state index contributed by atoms with van der Waals surface area (Å²) in [6.07, 6.45) is 2.56. The van der Waals surface area contributed by atoms with Crippen molar-refractivity contribution in [3.8, 4) is 5.75 Å². The molecule has 0 N–H and O–H groups in total. The molecule has 24 heavy (non-hydrogen) atoms. The van der Waals surface area contributed by atoms with Crippen molar-refractivity contribution in [2.45, 2.75) is 40.0 Å². The SMILES string of the molecule is CCCCC(=O)N1CCN(C(=O)c2cc(C)c(C)cc2OC)CC1. The van der Waals surface area contributed by atoms with Crippen LogP contribution in [0, 0.1) is 13.8 Å². The highest BCUT2D eigenvalue weighted by Gasteiger charge is 2.26. The van der Waals surface area contributed by atoms with Gasteiger partial charge in [-0.15, -0.1) is 0 Å². The molecule has 1 heterocycles. The summed E-state index contributed by atoms with van der Waals surface area (Å²) in [5, 5.41) is 0. The average Bonchev–Trinajstić information content (AvgIpc) is 2.61. The first kappa shape index (κ1) is 18.3. The van der Waals surface area contributed by atoms with Gasteiger partial charge < -0.3 is 14.5 Å². The molecule has 0 spiro atoms. The minimum absolute atomic E-state index is 0.0180. The summed E-state index contributed by atoms with van der Waals surface area (Å²) in [5.74, 6) is 0.799. The number of piperazine rings is 1. The fraction of sp³-hybridized carbons (Fsp3) is 0.579. The number of hydrogen-bond donors (Lipinski definition) is 0. The summed E-state index contributed by atoms with van der Waals surface area (Å²) in [6, 6.07) is 3.81. The van der Waals surface area contributed by atoms with Crippen molar-refractivity contribution in [1.29, 1.82) is 0 Å². The van der Waals surface area contributed by atoms with Gasteiger partial charge in [0.25, 0.3) is 5.91 Å². The number of benzene rings is 1. The molecule has 0 aromatic heterocycles. The molecule has 1 aromatic rings. The molecule has 1 aromatic carbocycles. The van der Waals surface area contributed by atoms with E-state index in [1.807, 2.05) is 35.8 Å². The van der Waals surface area contributed by atoms with Crippen LogP contribution in [0.5, 0.6) is 5.75 Å². The van der Waals surface area contributed by atoms with Crippen LogP contribution in [0.2, 0.25) is 0 Å². The van der Waals surface area contributed by atoms with E-state index in [0.29, 0.717) is 43.9 Å². The molecular formula is C19H28N2O3. The molecule has 0 atom stereocenters. The van der Waals surface area contributed by atoms with Crippen molar-refractivity contribution in [1.82, 2.24) is 9.80 Å². The van der Waals surface area contributed by atoms with Gasteiger partial charge in [0.15, 0.2) is 0 Å². The molecular weight excluding hydrogens is 304 g/mol. The molecule has 132 valence electrons. The van der Waals surface area contributed by atoms with Gasteiger partial charge in [0.05, 0.1) is 12.7 Å². The predicted octanol–water partition coefficient (Wildman–Crippen LogP) is 2.79. The number of amides is 2. The second-order valence-corrected chi connectivity index (χ2v) is 6.41. The normalized spacial score (nSPS) is 14.7. The fourth-order valence-electron chi connectivity index (χ4n) is 2.94. The Balaban J connectivity index is 2.03. The minimum Gasteiger partial charge on any atom is -0.496 e. The molecule has 5 heteroatoms. The Morgan fingerprint density at radius 2 is 1.62 bits per heavy atom. The second-order valence-electron chi connectivity index (χ2n) is 6.41. The van der Waals surface area contributed by atoms with E-state index in [-0.39, 0.29) is 11.8 Å². The lowest BCUT2D eigenvalue weighted by Gasteiger charge is -2.35. The van der Waals surface area contributed by atoms with Crippen molar-refractivity contribution in [2.75, 3.05) is 33.3 Å². The van der Waals surface area contributed by atoms with Crippen LogP contribution in [-0.2, 0) is 4.79 Å². The van der Waals surface area contributed by atoms with Gasteiger partial charge in [-0.2, -0.15) is 0 Å². The molecule has 2 rings (SSSR count). The van der Waals surface area contributed by atoms with E-state index in [1.54, 1.807) is 7.11 Å². The Hall–Kier alpha value is -2.04. The van der Waals surface area contributed by atoms with Gasteiger partial charge in [0, 0.05) is 32.6 Å². The van der Waals surface area contributed by atoms with Crippen molar-refractivity contribution < 1.29 is 14.3 Å². The summed E-state index contributed by atoms with van der Waals surface area (Å²) in [4.78, 5) is 28.6. The summed E-state index contributed by atoms with van der Waals surface area (Å²) in [6.45, 7) is 8.46. The smallest absolute Gasteiger partial charge is 0.257 e. The van der Waals surface area contributed by atoms with E-state index in [4.69, 9.17) is 4.74 Å². The minimum atomic E-state index is -0.0180. The number of carbonyl (C=O) groups is 2. The summed E-state index contributed by atoms with van der Waals surface area (Å²) in [5.41, 5.74) is 2.79. The fourth-order valence-corrected chi connectivity index (χ4v) is 2.94. The zero-order valence-electron chi connectivity index (χ0n) is 15.2. The van der Waals surface area contributed by atoms with Crippen molar-refractivity contribution in [3.63, 3.8) is 0 Å². The monoisotopic (exact) mass is 332 g/mol. The van der Waals surface area contributed by atoms with Gasteiger partial charge >= 0.3 is 0 Å². The van der Waals surface area contributed by atoms with Crippen molar-refractivity contribution in [3.05, 3.63) is 28.8 Å². The number of nitrogens with zero attached hydrogens (tertiary/aromatic N) is 2. The molecule has 5 nitrogen and oxygen atoms in total. The van der Waals surface area contributed by atoms with E-state index in [0.717, 1.165) is 24.0 Å². The maximum absolute atomic E-state index is 12.8. The Morgan fingerprint density at radius 3 is 2.21 bits per heavy atom. The number of rotatable bonds is 5. The van der Waals surface area contributed by atoms with Crippen LogP contribution >= 0.6 is 0 Å². The largest absolute Gasteiger partial charge is 0.496 e. The lowest BCUT2D eigenvalue weighted by atomic mass is 10.0. The number of carbonyl (C=O) groups excluding carboxylic acids is 2. The molecule has 0 unspecified atom stereocenters. The summed E-state index contributed by atoms with van der Waals surface area (Å²) >= 11 is 0. The highest BCUT2D eigenvalue weighted by Crippen LogP contribution is 2.25. The van der Waals surface area contributed by atoms with Crippen LogP contribution in [0.25, 0.3) is 0 Å². The molecule has 0 bridgehead atoms. The van der Waals surface area contributed by atoms with E-state index < -0.39 is 0 Å². The quantitative estimate of drug-likeness (QED) is 0.833. The van der Waals surface area contributed by atoms with Gasteiger partial charge in [-0.1, -0.05) is 13.3 Å². The van der Waals surface area contributed by atoms with Crippen LogP contribution in [0.1, 0.15) is 47.7 Å². The van der Waals surface area contributed by atoms with Crippen molar-refractivity contribution >= 4 is 11.8 Å². The molecule has 0 saturated carbocycles. The molecule has 1 saturated heterocycles. The number of methoxy groups -OCH3 is 1. The maximum Gasteiger partial charge on any atom is 0.257 e. The van der Waals surface area contributed by atoms with Crippen LogP contribution in [0.15, 0.2) is 12.1 Å². The van der Waals surface area contributed by atoms with Crippen LogP contribution in [-0.4, -0.2) is 54.9 Å². The summed E-state index contributed by atoms with van der Waals surface area (Å²) in [7, 11) is 1.59. The predicted molar refractivity (Wildman–Crippen MR) is 94.5 cm³/mol. The van der Waals surface area contributed by atoms with E-state index >= 15 is 0 Å². The van der Waals surface area contributed by atoms with Gasteiger partial charge in [-0.05, 0) is 43.5 Å². The molecule has 1 aliphatic heterocycles. The first-order valence-corrected chi connectivity index (χ1v) is 8.70. The lowest BCUT2D eigenvalue weighted by molar-refractivity contribution is -0.132. The second kappa shape index (κ2) is 8.18. The third kappa shape index (κ3) is 4.08. The van der Waals surface area contributed by atoms with Gasteiger partial charge in [0.1, 0.15) is 5.75 Å². The third-order valence-corrected chi connectivity index (χ3v) is 4.71. The van der Waals surface area contributed by atoms with E-state index in [2.05, 4.69) is 6.92 Å². The molecule has 0 radical (unpaired) electrons. The topological polar surface area (TPSA) is 49.9 Å². The lowest BCUT2D eigenvalue weighted by Crippen LogP contribution is -2.50. The Kier molecular flexibility index (Phi) is 6.23. The van der Waals surface area contributed by atoms with Crippen LogP contribution in [0.4, 0.5) is 0 Å². The van der Waals surface area contributed by atoms with Crippen LogP contribution in [0.3, 0.4) is 0 Å². The first-order chi connectivity index (χ1) is 11.5. The third-order valence-electron chi connectivity index (χ3n) is 4.71. The zero-order valence-corrected chi connectivity index (χ0v) is 15.2. The van der Waals surface area contributed by atoms with Crippen LogP contribution < -0.4 is 4.74 Å². The average molecular weight is 332 g/mol. The zero-order chi connectivity index (χ0) is 17.7. The number of aryl methyl sites for hydroxylation is 2. The Labute approximate surface area is 144 Å².